The van der Waals surface area contributed by atoms with Crippen molar-refractivity contribution in [3.05, 3.63) is 0 Å². The first-order valence-electron chi connectivity index (χ1n) is 3.46. The van der Waals surface area contributed by atoms with Gasteiger partial charge in [0.25, 0.3) is 0 Å². The summed E-state index contributed by atoms with van der Waals surface area (Å²) in [4.78, 5) is 12.8. The van der Waals surface area contributed by atoms with E-state index in [2.05, 4.69) is 5.92 Å². The van der Waals surface area contributed by atoms with Crippen LogP contribution in [0.25, 0.3) is 0 Å². The molecule has 2 heteroatoms. The molecule has 0 N–H and O–H groups in total. The van der Waals surface area contributed by atoms with E-state index in [1.54, 1.807) is 0 Å². The third-order valence-corrected chi connectivity index (χ3v) is 1.85. The Labute approximate surface area is 61.2 Å². The molecule has 0 spiro atoms. The van der Waals surface area contributed by atoms with E-state index in [0.717, 1.165) is 6.54 Å². The summed E-state index contributed by atoms with van der Waals surface area (Å²) in [5.41, 5.74) is 0. The summed E-state index contributed by atoms with van der Waals surface area (Å²) in [5, 5.41) is 0. The Morgan fingerprint density at radius 3 is 2.90 bits per heavy atom. The van der Waals surface area contributed by atoms with Crippen LogP contribution in [0.4, 0.5) is 0 Å². The molecule has 0 amide bonds. The number of Topliss-reactive ketones (excluding diaryl/α,β-unsaturated/α-hetero) is 1. The number of hydrogen-bond donors (Lipinski definition) is 0. The number of rotatable bonds is 1. The second kappa shape index (κ2) is 2.85. The van der Waals surface area contributed by atoms with Gasteiger partial charge in [-0.2, -0.15) is 0 Å². The van der Waals surface area contributed by atoms with E-state index >= 15 is 0 Å². The first-order valence-corrected chi connectivity index (χ1v) is 3.46. The lowest BCUT2D eigenvalue weighted by Gasteiger charge is -2.16. The topological polar surface area (TPSA) is 20.3 Å². The highest BCUT2D eigenvalue weighted by molar-refractivity contribution is 5.82. The Balaban J connectivity index is 2.46. The minimum absolute atomic E-state index is 0.117. The predicted octanol–water partition coefficient (Wildman–Crippen LogP) is 0.283. The lowest BCUT2D eigenvalue weighted by atomic mass is 10.3. The SMILES string of the molecule is C#CC(C)N1CCC(=O)C1. The van der Waals surface area contributed by atoms with Gasteiger partial charge < -0.3 is 0 Å². The van der Waals surface area contributed by atoms with Crippen LogP contribution in [0.5, 0.6) is 0 Å². The third-order valence-electron chi connectivity index (χ3n) is 1.85. The van der Waals surface area contributed by atoms with Crippen molar-refractivity contribution in [2.75, 3.05) is 13.1 Å². The van der Waals surface area contributed by atoms with Crippen LogP contribution in [0.2, 0.25) is 0 Å². The monoisotopic (exact) mass is 137 g/mol. The molecule has 1 aliphatic rings. The molecule has 1 rings (SSSR count). The molecule has 54 valence electrons. The zero-order chi connectivity index (χ0) is 7.56. The van der Waals surface area contributed by atoms with E-state index in [0.29, 0.717) is 18.7 Å². The van der Waals surface area contributed by atoms with Gasteiger partial charge in [-0.25, -0.2) is 0 Å². The van der Waals surface area contributed by atoms with E-state index in [1.807, 2.05) is 11.8 Å². The van der Waals surface area contributed by atoms with Crippen LogP contribution in [-0.2, 0) is 4.79 Å². The summed E-state index contributed by atoms with van der Waals surface area (Å²) in [6.45, 7) is 3.33. The smallest absolute Gasteiger partial charge is 0.148 e. The zero-order valence-electron chi connectivity index (χ0n) is 6.13. The van der Waals surface area contributed by atoms with Crippen molar-refractivity contribution in [1.82, 2.24) is 4.90 Å². The number of hydrogen-bond acceptors (Lipinski definition) is 2. The van der Waals surface area contributed by atoms with Gasteiger partial charge in [-0.15, -0.1) is 6.42 Å². The van der Waals surface area contributed by atoms with Gasteiger partial charge >= 0.3 is 0 Å². The molecule has 1 fully saturated rings. The van der Waals surface area contributed by atoms with E-state index < -0.39 is 0 Å². The highest BCUT2D eigenvalue weighted by Crippen LogP contribution is 2.07. The molecule has 2 nitrogen and oxygen atoms in total. The van der Waals surface area contributed by atoms with Gasteiger partial charge in [0.15, 0.2) is 0 Å². The number of likely N-dealkylation sites (tertiary alicyclic amines) is 1. The second-order valence-corrected chi connectivity index (χ2v) is 2.60. The van der Waals surface area contributed by atoms with Gasteiger partial charge in [-0.05, 0) is 6.92 Å². The number of terminal acetylenes is 1. The summed E-state index contributed by atoms with van der Waals surface area (Å²) < 4.78 is 0. The van der Waals surface area contributed by atoms with Crippen LogP contribution in [0.3, 0.4) is 0 Å². The minimum atomic E-state index is 0.117. The molecule has 1 heterocycles. The molecular formula is C8H11NO. The Hall–Kier alpha value is -0.810. The lowest BCUT2D eigenvalue weighted by Crippen LogP contribution is -2.29. The Morgan fingerprint density at radius 1 is 1.80 bits per heavy atom. The summed E-state index contributed by atoms with van der Waals surface area (Å²) in [6, 6.07) is 0.117. The van der Waals surface area contributed by atoms with Crippen LogP contribution in [0.1, 0.15) is 13.3 Å². The van der Waals surface area contributed by atoms with E-state index in [-0.39, 0.29) is 6.04 Å². The van der Waals surface area contributed by atoms with Crippen molar-refractivity contribution in [3.63, 3.8) is 0 Å². The second-order valence-electron chi connectivity index (χ2n) is 2.60. The number of ketones is 1. The van der Waals surface area contributed by atoms with Gasteiger partial charge in [0, 0.05) is 13.0 Å². The van der Waals surface area contributed by atoms with Gasteiger partial charge in [0.05, 0.1) is 12.6 Å². The molecule has 1 aliphatic heterocycles. The van der Waals surface area contributed by atoms with Crippen molar-refractivity contribution in [1.29, 1.82) is 0 Å². The van der Waals surface area contributed by atoms with Gasteiger partial charge in [0.1, 0.15) is 5.78 Å². The standard InChI is InChI=1S/C8H11NO/c1-3-7(2)9-5-4-8(10)6-9/h1,7H,4-6H2,2H3. The van der Waals surface area contributed by atoms with Crippen LogP contribution < -0.4 is 0 Å². The Kier molecular flexibility index (Phi) is 2.08. The molecule has 1 unspecified atom stereocenters. The van der Waals surface area contributed by atoms with Crippen LogP contribution >= 0.6 is 0 Å². The number of carbonyl (C=O) groups excluding carboxylic acids is 1. The molecular weight excluding hydrogens is 126 g/mol. The number of carbonyl (C=O) groups is 1. The molecule has 0 aromatic rings. The average Bonchev–Trinajstić information content (AvgIpc) is 2.34. The van der Waals surface area contributed by atoms with Crippen LogP contribution in [-0.4, -0.2) is 29.8 Å². The van der Waals surface area contributed by atoms with Gasteiger partial charge in [-0.3, -0.25) is 9.69 Å². The largest absolute Gasteiger partial charge is 0.298 e. The van der Waals surface area contributed by atoms with Crippen molar-refractivity contribution < 1.29 is 4.79 Å². The highest BCUT2D eigenvalue weighted by atomic mass is 16.1. The van der Waals surface area contributed by atoms with Crippen molar-refractivity contribution >= 4 is 5.78 Å². The van der Waals surface area contributed by atoms with E-state index in [4.69, 9.17) is 6.42 Å². The van der Waals surface area contributed by atoms with Crippen LogP contribution in [0, 0.1) is 12.3 Å². The molecule has 0 saturated carbocycles. The molecule has 0 aromatic heterocycles. The maximum atomic E-state index is 10.8. The van der Waals surface area contributed by atoms with E-state index in [1.165, 1.54) is 0 Å². The molecule has 1 atom stereocenters. The molecule has 10 heavy (non-hydrogen) atoms. The minimum Gasteiger partial charge on any atom is -0.298 e. The predicted molar refractivity (Wildman–Crippen MR) is 39.5 cm³/mol. The Morgan fingerprint density at radius 2 is 2.50 bits per heavy atom. The molecule has 1 saturated heterocycles. The number of nitrogens with zero attached hydrogens (tertiary/aromatic N) is 1. The fourth-order valence-corrected chi connectivity index (χ4v) is 1.09. The van der Waals surface area contributed by atoms with Gasteiger partial charge in [-0.1, -0.05) is 5.92 Å². The summed E-state index contributed by atoms with van der Waals surface area (Å²) in [7, 11) is 0. The zero-order valence-corrected chi connectivity index (χ0v) is 6.13. The normalized spacial score (nSPS) is 22.6. The fourth-order valence-electron chi connectivity index (χ4n) is 1.09. The first-order chi connectivity index (χ1) is 4.74. The molecule has 0 aromatic carbocycles. The third kappa shape index (κ3) is 1.37. The molecule has 0 radical (unpaired) electrons. The van der Waals surface area contributed by atoms with Crippen LogP contribution in [0.15, 0.2) is 0 Å². The van der Waals surface area contributed by atoms with E-state index in [9.17, 15) is 4.79 Å². The average molecular weight is 137 g/mol. The maximum absolute atomic E-state index is 10.8. The first kappa shape index (κ1) is 7.30. The fraction of sp³-hybridized carbons (Fsp3) is 0.625. The summed E-state index contributed by atoms with van der Waals surface area (Å²) in [5.74, 6) is 2.91. The van der Waals surface area contributed by atoms with Crippen molar-refractivity contribution in [2.45, 2.75) is 19.4 Å². The summed E-state index contributed by atoms with van der Waals surface area (Å²) in [6.07, 6.45) is 5.87. The maximum Gasteiger partial charge on any atom is 0.148 e. The molecule has 0 bridgehead atoms. The summed E-state index contributed by atoms with van der Waals surface area (Å²) >= 11 is 0. The highest BCUT2D eigenvalue weighted by Gasteiger charge is 2.21. The quantitative estimate of drug-likeness (QED) is 0.484. The van der Waals surface area contributed by atoms with Crippen molar-refractivity contribution in [2.24, 2.45) is 0 Å². The Bertz CT molecular complexity index is 180. The van der Waals surface area contributed by atoms with Gasteiger partial charge in [0.2, 0.25) is 0 Å². The lowest BCUT2D eigenvalue weighted by molar-refractivity contribution is -0.117. The van der Waals surface area contributed by atoms with Crippen molar-refractivity contribution in [3.8, 4) is 12.3 Å². The molecule has 0 aliphatic carbocycles.